The molecule has 0 spiro atoms. The highest BCUT2D eigenvalue weighted by molar-refractivity contribution is 5.84. The van der Waals surface area contributed by atoms with E-state index in [1.165, 1.54) is 12.8 Å². The van der Waals surface area contributed by atoms with Gasteiger partial charge in [0.05, 0.1) is 6.07 Å². The van der Waals surface area contributed by atoms with Crippen molar-refractivity contribution in [3.63, 3.8) is 0 Å². The van der Waals surface area contributed by atoms with Crippen LogP contribution in [0.1, 0.15) is 33.6 Å². The van der Waals surface area contributed by atoms with Crippen LogP contribution < -0.4 is 5.32 Å². The molecule has 0 unspecified atom stereocenters. The molecule has 1 aliphatic rings. The molecule has 0 aromatic carbocycles. The Morgan fingerprint density at radius 1 is 1.62 bits per heavy atom. The summed E-state index contributed by atoms with van der Waals surface area (Å²) in [7, 11) is 0. The molecule has 3 nitrogen and oxygen atoms in total. The van der Waals surface area contributed by atoms with Gasteiger partial charge in [-0.1, -0.05) is 6.92 Å². The van der Waals surface area contributed by atoms with E-state index in [9.17, 15) is 4.79 Å². The average molecular weight is 180 g/mol. The first-order valence-corrected chi connectivity index (χ1v) is 4.59. The van der Waals surface area contributed by atoms with E-state index in [4.69, 9.17) is 5.26 Å². The molecule has 0 heterocycles. The summed E-state index contributed by atoms with van der Waals surface area (Å²) in [6, 6.07) is 1.99. The Balaban J connectivity index is 2.38. The van der Waals surface area contributed by atoms with Crippen LogP contribution in [0.25, 0.3) is 0 Å². The molecule has 0 saturated heterocycles. The van der Waals surface area contributed by atoms with Crippen molar-refractivity contribution in [2.24, 2.45) is 10.8 Å². The lowest BCUT2D eigenvalue weighted by atomic mass is 9.94. The minimum Gasteiger partial charge on any atom is -0.354 e. The molecule has 1 saturated carbocycles. The van der Waals surface area contributed by atoms with Crippen LogP contribution in [0.15, 0.2) is 0 Å². The van der Waals surface area contributed by atoms with Gasteiger partial charge in [0.25, 0.3) is 0 Å². The Bertz CT molecular complexity index is 259. The zero-order valence-electron chi connectivity index (χ0n) is 8.48. The monoisotopic (exact) mass is 180 g/mol. The summed E-state index contributed by atoms with van der Waals surface area (Å²) < 4.78 is 0. The zero-order chi connectivity index (χ0) is 10.1. The molecule has 0 aromatic rings. The Morgan fingerprint density at radius 2 is 2.15 bits per heavy atom. The largest absolute Gasteiger partial charge is 0.354 e. The first kappa shape index (κ1) is 10.0. The molecule has 72 valence electrons. The van der Waals surface area contributed by atoms with E-state index in [1.807, 2.05) is 6.07 Å². The Morgan fingerprint density at radius 3 is 2.54 bits per heavy atom. The summed E-state index contributed by atoms with van der Waals surface area (Å²) in [4.78, 5) is 11.4. The van der Waals surface area contributed by atoms with E-state index in [0.717, 1.165) is 0 Å². The first-order valence-electron chi connectivity index (χ1n) is 4.59. The normalized spacial score (nSPS) is 18.9. The van der Waals surface area contributed by atoms with Crippen molar-refractivity contribution >= 4 is 5.91 Å². The molecule has 0 bridgehead atoms. The fourth-order valence-corrected chi connectivity index (χ4v) is 0.956. The third-order valence-corrected chi connectivity index (χ3v) is 2.63. The molecule has 1 fully saturated rings. The molecule has 1 amide bonds. The van der Waals surface area contributed by atoms with E-state index < -0.39 is 5.41 Å². The molecular formula is C10H16N2O. The zero-order valence-corrected chi connectivity index (χ0v) is 8.48. The third kappa shape index (κ3) is 2.45. The standard InChI is InChI=1S/C10H16N2O/c1-9(2,6-11)8(13)12-7-10(3)4-5-10/h4-5,7H2,1-3H3,(H,12,13). The lowest BCUT2D eigenvalue weighted by Gasteiger charge is -2.17. The molecule has 1 aliphatic carbocycles. The van der Waals surface area contributed by atoms with Gasteiger partial charge in [-0.05, 0) is 32.1 Å². The Kier molecular flexibility index (Phi) is 2.34. The van der Waals surface area contributed by atoms with Gasteiger partial charge in [-0.3, -0.25) is 4.79 Å². The number of amides is 1. The van der Waals surface area contributed by atoms with E-state index in [-0.39, 0.29) is 5.91 Å². The van der Waals surface area contributed by atoms with Gasteiger partial charge in [-0.15, -0.1) is 0 Å². The summed E-state index contributed by atoms with van der Waals surface area (Å²) in [5, 5.41) is 11.5. The highest BCUT2D eigenvalue weighted by Crippen LogP contribution is 2.44. The quantitative estimate of drug-likeness (QED) is 0.714. The molecule has 0 aromatic heterocycles. The van der Waals surface area contributed by atoms with Crippen molar-refractivity contribution in [3.05, 3.63) is 0 Å². The second kappa shape index (κ2) is 3.02. The number of nitrogens with zero attached hydrogens (tertiary/aromatic N) is 1. The van der Waals surface area contributed by atoms with Crippen LogP contribution in [0.4, 0.5) is 0 Å². The predicted octanol–water partition coefficient (Wildman–Crippen LogP) is 1.45. The van der Waals surface area contributed by atoms with E-state index in [0.29, 0.717) is 12.0 Å². The number of nitriles is 1. The second-order valence-corrected chi connectivity index (χ2v) is 4.73. The van der Waals surface area contributed by atoms with Gasteiger partial charge in [0, 0.05) is 6.54 Å². The van der Waals surface area contributed by atoms with Gasteiger partial charge in [0.2, 0.25) is 5.91 Å². The molecule has 0 radical (unpaired) electrons. The van der Waals surface area contributed by atoms with Crippen LogP contribution in [-0.4, -0.2) is 12.5 Å². The summed E-state index contributed by atoms with van der Waals surface area (Å²) in [5.74, 6) is -0.164. The van der Waals surface area contributed by atoms with Crippen LogP contribution in [0.5, 0.6) is 0 Å². The summed E-state index contributed by atoms with van der Waals surface area (Å²) in [6.07, 6.45) is 2.36. The number of hydrogen-bond donors (Lipinski definition) is 1. The number of rotatable bonds is 3. The number of nitrogens with one attached hydrogen (secondary N) is 1. The average Bonchev–Trinajstić information content (AvgIpc) is 2.80. The Hall–Kier alpha value is -1.04. The van der Waals surface area contributed by atoms with Crippen LogP contribution in [-0.2, 0) is 4.79 Å². The minimum absolute atomic E-state index is 0.164. The maximum absolute atomic E-state index is 11.4. The van der Waals surface area contributed by atoms with Crippen LogP contribution in [0, 0.1) is 22.2 Å². The van der Waals surface area contributed by atoms with Gasteiger partial charge < -0.3 is 5.32 Å². The van der Waals surface area contributed by atoms with Crippen molar-refractivity contribution in [1.29, 1.82) is 5.26 Å². The van der Waals surface area contributed by atoms with Crippen molar-refractivity contribution < 1.29 is 4.79 Å². The molecule has 0 atom stereocenters. The molecule has 13 heavy (non-hydrogen) atoms. The summed E-state index contributed by atoms with van der Waals surface area (Å²) in [5.41, 5.74) is -0.591. The second-order valence-electron chi connectivity index (χ2n) is 4.73. The van der Waals surface area contributed by atoms with Gasteiger partial charge in [-0.2, -0.15) is 5.26 Å². The lowest BCUT2D eigenvalue weighted by molar-refractivity contribution is -0.127. The smallest absolute Gasteiger partial charge is 0.239 e. The maximum Gasteiger partial charge on any atom is 0.239 e. The fraction of sp³-hybridized carbons (Fsp3) is 0.800. The van der Waals surface area contributed by atoms with Crippen LogP contribution in [0.3, 0.4) is 0 Å². The highest BCUT2D eigenvalue weighted by Gasteiger charge is 2.38. The topological polar surface area (TPSA) is 52.9 Å². The maximum atomic E-state index is 11.4. The summed E-state index contributed by atoms with van der Waals surface area (Å²) >= 11 is 0. The molecule has 0 aliphatic heterocycles. The molecular weight excluding hydrogens is 164 g/mol. The fourth-order valence-electron chi connectivity index (χ4n) is 0.956. The van der Waals surface area contributed by atoms with Crippen molar-refractivity contribution in [1.82, 2.24) is 5.32 Å². The minimum atomic E-state index is -0.898. The van der Waals surface area contributed by atoms with Crippen molar-refractivity contribution in [3.8, 4) is 6.07 Å². The van der Waals surface area contributed by atoms with Gasteiger partial charge in [0.15, 0.2) is 0 Å². The van der Waals surface area contributed by atoms with Crippen molar-refractivity contribution in [2.45, 2.75) is 33.6 Å². The lowest BCUT2D eigenvalue weighted by Crippen LogP contribution is -2.38. The van der Waals surface area contributed by atoms with Gasteiger partial charge >= 0.3 is 0 Å². The summed E-state index contributed by atoms with van der Waals surface area (Å²) in [6.45, 7) is 6.12. The predicted molar refractivity (Wildman–Crippen MR) is 49.7 cm³/mol. The molecule has 1 N–H and O–H groups in total. The van der Waals surface area contributed by atoms with Crippen LogP contribution in [0.2, 0.25) is 0 Å². The first-order chi connectivity index (χ1) is 5.90. The van der Waals surface area contributed by atoms with Crippen molar-refractivity contribution in [2.75, 3.05) is 6.54 Å². The van der Waals surface area contributed by atoms with Crippen LogP contribution >= 0.6 is 0 Å². The van der Waals surface area contributed by atoms with E-state index in [1.54, 1.807) is 13.8 Å². The van der Waals surface area contributed by atoms with E-state index in [2.05, 4.69) is 12.2 Å². The number of carbonyl (C=O) groups is 1. The molecule has 1 rings (SSSR count). The molecule has 3 heteroatoms. The number of carbonyl (C=O) groups excluding carboxylic acids is 1. The third-order valence-electron chi connectivity index (χ3n) is 2.63. The Labute approximate surface area is 79.1 Å². The van der Waals surface area contributed by atoms with Gasteiger partial charge in [-0.25, -0.2) is 0 Å². The highest BCUT2D eigenvalue weighted by atomic mass is 16.2. The van der Waals surface area contributed by atoms with Gasteiger partial charge in [0.1, 0.15) is 5.41 Å². The number of hydrogen-bond acceptors (Lipinski definition) is 2. The SMILES string of the molecule is CC1(CNC(=O)C(C)(C)C#N)CC1. The van der Waals surface area contributed by atoms with E-state index >= 15 is 0 Å².